The first-order valence-corrected chi connectivity index (χ1v) is 12.2. The van der Waals surface area contributed by atoms with Gasteiger partial charge in [0.25, 0.3) is 0 Å². The van der Waals surface area contributed by atoms with Crippen molar-refractivity contribution in [3.05, 3.63) is 54.1 Å². The summed E-state index contributed by atoms with van der Waals surface area (Å²) in [6.07, 6.45) is 10.8. The minimum Gasteiger partial charge on any atom is -0.507 e. The molecule has 4 rings (SSSR count). The van der Waals surface area contributed by atoms with E-state index >= 15 is 0 Å². The van der Waals surface area contributed by atoms with Gasteiger partial charge in [-0.05, 0) is 31.1 Å². The van der Waals surface area contributed by atoms with Gasteiger partial charge in [0.05, 0.1) is 31.2 Å². The summed E-state index contributed by atoms with van der Waals surface area (Å²) in [4.78, 5) is 28.9. The number of amides is 2. The lowest BCUT2D eigenvalue weighted by Gasteiger charge is -2.39. The van der Waals surface area contributed by atoms with Gasteiger partial charge < -0.3 is 32.5 Å². The van der Waals surface area contributed by atoms with Crippen molar-refractivity contribution in [1.29, 1.82) is 0 Å². The molecule has 2 heterocycles. The van der Waals surface area contributed by atoms with Crippen LogP contribution in [0.1, 0.15) is 37.7 Å². The van der Waals surface area contributed by atoms with Crippen LogP contribution in [0, 0.1) is 0 Å². The molecular formula is C25H34N8O3. The van der Waals surface area contributed by atoms with E-state index in [0.717, 1.165) is 19.4 Å². The van der Waals surface area contributed by atoms with Crippen LogP contribution in [0.15, 0.2) is 48.6 Å². The number of nitrogens with zero attached hydrogens (tertiary/aromatic N) is 4. The van der Waals surface area contributed by atoms with Crippen molar-refractivity contribution in [1.82, 2.24) is 20.0 Å². The van der Waals surface area contributed by atoms with E-state index in [1.165, 1.54) is 36.1 Å². The summed E-state index contributed by atoms with van der Waals surface area (Å²) in [6.45, 7) is 1.50. The van der Waals surface area contributed by atoms with Gasteiger partial charge in [0.1, 0.15) is 17.3 Å². The number of allylic oxidation sites excluding steroid dienone is 2. The third kappa shape index (κ3) is 5.69. The molecule has 36 heavy (non-hydrogen) atoms. The third-order valence-corrected chi connectivity index (χ3v) is 6.71. The third-order valence-electron chi connectivity index (χ3n) is 6.71. The number of piperazine rings is 1. The second-order valence-corrected chi connectivity index (χ2v) is 9.12. The molecule has 2 fully saturated rings. The van der Waals surface area contributed by atoms with Crippen LogP contribution in [-0.4, -0.2) is 63.8 Å². The quantitative estimate of drug-likeness (QED) is 0.351. The number of rotatable bonds is 7. The summed E-state index contributed by atoms with van der Waals surface area (Å²) in [7, 11) is 0. The first-order chi connectivity index (χ1) is 17.4. The molecular weight excluding hydrogens is 460 g/mol. The zero-order valence-corrected chi connectivity index (χ0v) is 20.3. The fourth-order valence-electron chi connectivity index (χ4n) is 4.78. The van der Waals surface area contributed by atoms with E-state index < -0.39 is 5.91 Å². The number of anilines is 1. The van der Waals surface area contributed by atoms with Gasteiger partial charge in [0, 0.05) is 30.4 Å². The Hall–Kier alpha value is -3.83. The Morgan fingerprint density at radius 2 is 1.92 bits per heavy atom. The van der Waals surface area contributed by atoms with E-state index in [1.54, 1.807) is 35.5 Å². The predicted octanol–water partition coefficient (Wildman–Crippen LogP) is 0.730. The number of nitrogens with one attached hydrogen (secondary N) is 1. The topological polar surface area (TPSA) is 169 Å². The number of aromatic hydroxyl groups is 1. The normalized spacial score (nSPS) is 18.8. The maximum atomic E-state index is 13.0. The number of carbonyl (C=O) groups excluding carboxylic acids is 2. The predicted molar refractivity (Wildman–Crippen MR) is 138 cm³/mol. The average molecular weight is 495 g/mol. The van der Waals surface area contributed by atoms with Crippen LogP contribution in [0.3, 0.4) is 0 Å². The Bertz CT molecular complexity index is 1170. The highest BCUT2D eigenvalue weighted by atomic mass is 16.3. The van der Waals surface area contributed by atoms with Crippen molar-refractivity contribution >= 4 is 28.9 Å². The minimum absolute atomic E-state index is 0.00208. The zero-order chi connectivity index (χ0) is 25.7. The largest absolute Gasteiger partial charge is 0.507 e. The number of phenols is 1. The van der Waals surface area contributed by atoms with Crippen molar-refractivity contribution in [2.75, 3.05) is 31.1 Å². The van der Waals surface area contributed by atoms with Gasteiger partial charge in [-0.3, -0.25) is 14.5 Å². The molecule has 11 nitrogen and oxygen atoms in total. The van der Waals surface area contributed by atoms with Crippen LogP contribution in [0.2, 0.25) is 0 Å². The van der Waals surface area contributed by atoms with Crippen LogP contribution in [0.25, 0.3) is 11.4 Å². The van der Waals surface area contributed by atoms with Gasteiger partial charge in [0.15, 0.2) is 0 Å². The molecule has 0 bridgehead atoms. The Morgan fingerprint density at radius 3 is 2.61 bits per heavy atom. The molecule has 1 aliphatic heterocycles. The summed E-state index contributed by atoms with van der Waals surface area (Å²) in [6, 6.07) is 7.08. The number of hydrogen-bond acceptors (Lipinski definition) is 8. The van der Waals surface area contributed by atoms with E-state index in [2.05, 4.69) is 15.3 Å². The Labute approximate surface area is 210 Å². The second kappa shape index (κ2) is 11.3. The van der Waals surface area contributed by atoms with Crippen LogP contribution < -0.4 is 27.4 Å². The molecule has 11 heteroatoms. The van der Waals surface area contributed by atoms with E-state index in [4.69, 9.17) is 17.2 Å². The Balaban J connectivity index is 1.59. The van der Waals surface area contributed by atoms with Crippen molar-refractivity contribution < 1.29 is 14.7 Å². The molecule has 0 unspecified atom stereocenters. The van der Waals surface area contributed by atoms with Crippen LogP contribution in [-0.2, 0) is 9.59 Å². The van der Waals surface area contributed by atoms with E-state index in [9.17, 15) is 14.7 Å². The number of benzene rings is 1. The molecule has 2 aliphatic rings. The van der Waals surface area contributed by atoms with Gasteiger partial charge in [-0.25, -0.2) is 4.68 Å². The number of carbonyl (C=O) groups is 2. The zero-order valence-electron chi connectivity index (χ0n) is 20.3. The van der Waals surface area contributed by atoms with Crippen molar-refractivity contribution in [2.45, 2.75) is 38.1 Å². The van der Waals surface area contributed by atoms with E-state index in [1.807, 2.05) is 0 Å². The van der Waals surface area contributed by atoms with Gasteiger partial charge in [0.2, 0.25) is 11.8 Å². The molecule has 1 aliphatic carbocycles. The average Bonchev–Trinajstić information content (AvgIpc) is 3.37. The summed E-state index contributed by atoms with van der Waals surface area (Å²) in [5.74, 6) is -0.490. The lowest BCUT2D eigenvalue weighted by molar-refractivity contribution is -0.122. The highest BCUT2D eigenvalue weighted by Gasteiger charge is 2.31. The maximum Gasteiger partial charge on any atom is 0.241 e. The van der Waals surface area contributed by atoms with Gasteiger partial charge in [-0.2, -0.15) is 5.10 Å². The Kier molecular flexibility index (Phi) is 7.91. The van der Waals surface area contributed by atoms with Gasteiger partial charge in [-0.1, -0.05) is 31.4 Å². The SMILES string of the molecule is NCC(=O)N/C(N)=C(/C=C(\N)c1ccccc1O)n1cc(N2CCN(C3CCCCC3)CC2=O)cn1. The van der Waals surface area contributed by atoms with E-state index in [0.29, 0.717) is 30.4 Å². The molecule has 8 N–H and O–H groups in total. The maximum absolute atomic E-state index is 13.0. The van der Waals surface area contributed by atoms with Crippen LogP contribution >= 0.6 is 0 Å². The molecule has 1 saturated heterocycles. The summed E-state index contributed by atoms with van der Waals surface area (Å²) in [5, 5.41) is 17.1. The van der Waals surface area contributed by atoms with Crippen molar-refractivity contribution in [3.63, 3.8) is 0 Å². The van der Waals surface area contributed by atoms with Crippen LogP contribution in [0.4, 0.5) is 5.69 Å². The lowest BCUT2D eigenvalue weighted by atomic mass is 9.94. The number of para-hydroxylation sites is 1. The second-order valence-electron chi connectivity index (χ2n) is 9.12. The molecule has 1 aromatic heterocycles. The molecule has 1 aromatic carbocycles. The summed E-state index contributed by atoms with van der Waals surface area (Å²) in [5.41, 5.74) is 19.4. The highest BCUT2D eigenvalue weighted by Crippen LogP contribution is 2.27. The number of aromatic nitrogens is 2. The molecule has 2 amide bonds. The Morgan fingerprint density at radius 1 is 1.17 bits per heavy atom. The van der Waals surface area contributed by atoms with Gasteiger partial charge in [-0.15, -0.1) is 0 Å². The summed E-state index contributed by atoms with van der Waals surface area (Å²) >= 11 is 0. The standard InChI is InChI=1S/C25H34N8O3/c26-13-23(35)30-25(28)21(12-20(27)19-8-4-5-9-22(19)34)33-15-18(14-29-33)32-11-10-31(16-24(32)36)17-6-2-1-3-7-17/h4-5,8-9,12,14-15,17,34H,1-3,6-7,10-11,13,16,26-28H2,(H,30,35)/b20-12-,25-21-. The van der Waals surface area contributed by atoms with E-state index in [-0.39, 0.29) is 35.4 Å². The number of phenolic OH excluding ortho intramolecular Hbond substituents is 1. The number of hydrogen-bond donors (Lipinski definition) is 5. The van der Waals surface area contributed by atoms with Crippen molar-refractivity contribution in [2.24, 2.45) is 17.2 Å². The fourth-order valence-corrected chi connectivity index (χ4v) is 4.78. The molecule has 0 radical (unpaired) electrons. The molecule has 2 aromatic rings. The monoisotopic (exact) mass is 494 g/mol. The first-order valence-electron chi connectivity index (χ1n) is 12.2. The first kappa shape index (κ1) is 25.3. The fraction of sp³-hybridized carbons (Fsp3) is 0.400. The van der Waals surface area contributed by atoms with Crippen LogP contribution in [0.5, 0.6) is 5.75 Å². The lowest BCUT2D eigenvalue weighted by Crippen LogP contribution is -2.54. The van der Waals surface area contributed by atoms with Crippen molar-refractivity contribution in [3.8, 4) is 5.75 Å². The smallest absolute Gasteiger partial charge is 0.241 e. The van der Waals surface area contributed by atoms with Gasteiger partial charge >= 0.3 is 0 Å². The molecule has 192 valence electrons. The molecule has 0 spiro atoms. The number of nitrogens with two attached hydrogens (primary N) is 3. The summed E-state index contributed by atoms with van der Waals surface area (Å²) < 4.78 is 1.44. The minimum atomic E-state index is -0.485. The molecule has 0 atom stereocenters. The molecule has 1 saturated carbocycles. The highest BCUT2D eigenvalue weighted by molar-refractivity contribution is 5.95.